The lowest BCUT2D eigenvalue weighted by molar-refractivity contribution is -0.128. The smallest absolute Gasteiger partial charge is 0.355 e. The molecule has 45 heavy (non-hydrogen) atoms. The van der Waals surface area contributed by atoms with Gasteiger partial charge in [-0.1, -0.05) is 51.9 Å². The van der Waals surface area contributed by atoms with E-state index in [1.807, 2.05) is 46.4 Å². The molecule has 0 unspecified atom stereocenters. The lowest BCUT2D eigenvalue weighted by Gasteiger charge is -2.44. The van der Waals surface area contributed by atoms with E-state index in [0.717, 1.165) is 0 Å². The van der Waals surface area contributed by atoms with E-state index in [4.69, 9.17) is 22.3 Å². The van der Waals surface area contributed by atoms with E-state index < -0.39 is 11.5 Å². The Morgan fingerprint density at radius 2 is 1.78 bits per heavy atom. The van der Waals surface area contributed by atoms with Gasteiger partial charge in [0.2, 0.25) is 5.91 Å². The molecule has 12 heteroatoms. The Morgan fingerprint density at radius 3 is 2.38 bits per heavy atom. The third kappa shape index (κ3) is 5.88. The van der Waals surface area contributed by atoms with Crippen LogP contribution in [0.15, 0.2) is 48.0 Å². The molecule has 3 aromatic heterocycles. The number of hydrogen-bond acceptors (Lipinski definition) is 8. The zero-order valence-corrected chi connectivity index (χ0v) is 27.1. The van der Waals surface area contributed by atoms with Crippen LogP contribution in [-0.4, -0.2) is 60.5 Å². The number of piperazine rings is 1. The predicted molar refractivity (Wildman–Crippen MR) is 176 cm³/mol. The Bertz CT molecular complexity index is 1810. The summed E-state index contributed by atoms with van der Waals surface area (Å²) in [4.78, 5) is 49.3. The fourth-order valence-corrected chi connectivity index (χ4v) is 6.16. The minimum Gasteiger partial charge on any atom is -0.398 e. The van der Waals surface area contributed by atoms with Gasteiger partial charge in [0.1, 0.15) is 18.0 Å². The maximum atomic E-state index is 14.9. The number of anilines is 2. The molecule has 0 aliphatic carbocycles. The number of halogens is 2. The molecule has 4 heterocycles. The number of nitrogens with zero attached hydrogens (tertiary/aromatic N) is 7. The molecule has 0 spiro atoms. The average Bonchev–Trinajstić information content (AvgIpc) is 2.99. The van der Waals surface area contributed by atoms with Gasteiger partial charge in [0.15, 0.2) is 5.65 Å². The molecule has 1 saturated heterocycles. The molecule has 1 aliphatic rings. The second-order valence-electron chi connectivity index (χ2n) is 12.2. The topological polar surface area (TPSA) is 123 Å². The molecule has 0 saturated carbocycles. The van der Waals surface area contributed by atoms with Crippen LogP contribution < -0.4 is 16.3 Å². The first kappa shape index (κ1) is 32.0. The number of carbonyl (C=O) groups excluding carboxylic acids is 1. The first-order chi connectivity index (χ1) is 21.3. The summed E-state index contributed by atoms with van der Waals surface area (Å²) in [5.74, 6) is -0.338. The Labute approximate surface area is 266 Å². The van der Waals surface area contributed by atoms with Crippen LogP contribution in [0.2, 0.25) is 5.02 Å². The molecule has 1 fully saturated rings. The van der Waals surface area contributed by atoms with Crippen LogP contribution in [0.1, 0.15) is 76.0 Å². The van der Waals surface area contributed by atoms with Crippen LogP contribution in [0, 0.1) is 5.82 Å². The third-order valence-electron chi connectivity index (χ3n) is 8.29. The van der Waals surface area contributed by atoms with E-state index in [2.05, 4.69) is 21.5 Å². The minimum atomic E-state index is -0.563. The van der Waals surface area contributed by atoms with E-state index >= 15 is 0 Å². The number of rotatable bonds is 7. The third-order valence-corrected chi connectivity index (χ3v) is 8.61. The molecule has 1 aliphatic heterocycles. The molecule has 1 amide bonds. The van der Waals surface area contributed by atoms with Crippen LogP contribution in [-0.2, 0) is 11.2 Å². The number of amides is 1. The molecule has 0 radical (unpaired) electrons. The molecular formula is C33H38ClFN8O2. The Balaban J connectivity index is 1.82. The number of nitrogen functional groups attached to an aromatic ring is 1. The highest BCUT2D eigenvalue weighted by molar-refractivity contribution is 6.32. The number of hydrogen-bond donors (Lipinski definition) is 1. The van der Waals surface area contributed by atoms with E-state index in [1.165, 1.54) is 23.0 Å². The fraction of sp³-hybridized carbons (Fsp3) is 0.394. The number of carbonyl (C=O) groups is 1. The molecule has 10 nitrogen and oxygen atoms in total. The zero-order valence-electron chi connectivity index (χ0n) is 26.4. The maximum Gasteiger partial charge on any atom is 0.355 e. The first-order valence-electron chi connectivity index (χ1n) is 15.0. The summed E-state index contributed by atoms with van der Waals surface area (Å²) in [7, 11) is 0. The van der Waals surface area contributed by atoms with Crippen LogP contribution in [0.3, 0.4) is 0 Å². The summed E-state index contributed by atoms with van der Waals surface area (Å²) < 4.78 is 16.4. The van der Waals surface area contributed by atoms with Crippen molar-refractivity contribution in [3.63, 3.8) is 0 Å². The molecular weight excluding hydrogens is 595 g/mol. The summed E-state index contributed by atoms with van der Waals surface area (Å²) in [6.07, 6.45) is 2.82. The van der Waals surface area contributed by atoms with Gasteiger partial charge < -0.3 is 15.5 Å². The molecule has 2 N–H and O–H groups in total. The summed E-state index contributed by atoms with van der Waals surface area (Å²) >= 11 is 6.87. The van der Waals surface area contributed by atoms with Crippen molar-refractivity contribution in [3.05, 3.63) is 87.2 Å². The van der Waals surface area contributed by atoms with Gasteiger partial charge in [-0.05, 0) is 50.0 Å². The molecule has 0 bridgehead atoms. The number of pyridine rings is 1. The normalized spacial score (nSPS) is 17.0. The largest absolute Gasteiger partial charge is 0.398 e. The van der Waals surface area contributed by atoms with E-state index in [0.29, 0.717) is 52.7 Å². The zero-order chi connectivity index (χ0) is 32.7. The summed E-state index contributed by atoms with van der Waals surface area (Å²) in [5, 5.41) is 0.803. The average molecular weight is 633 g/mol. The van der Waals surface area contributed by atoms with Crippen LogP contribution in [0.5, 0.6) is 0 Å². The highest BCUT2D eigenvalue weighted by Crippen LogP contribution is 2.35. The van der Waals surface area contributed by atoms with Gasteiger partial charge >= 0.3 is 5.69 Å². The molecule has 4 aromatic rings. The van der Waals surface area contributed by atoms with Gasteiger partial charge in [-0.2, -0.15) is 4.98 Å². The standard InChI is InChI=1S/C33H38ClFN8O2/c1-8-27(44)41-14-20(7)42(15-19(41)6)31-22-12-23(34)26(13-21-24(35)10-9-11-25(21)36)39-32(22)43(33(45)40-31)30-28(17(2)3)37-16-38-29(30)18(4)5/h8-12,16-20H,1,13-15,36H2,2-7H3/t19-,20+/m1/s1. The Morgan fingerprint density at radius 1 is 1.11 bits per heavy atom. The van der Waals surface area contributed by atoms with Gasteiger partial charge in [0.25, 0.3) is 0 Å². The van der Waals surface area contributed by atoms with E-state index in [-0.39, 0.29) is 52.5 Å². The van der Waals surface area contributed by atoms with Crippen LogP contribution in [0.25, 0.3) is 16.7 Å². The summed E-state index contributed by atoms with van der Waals surface area (Å²) in [6, 6.07) is 5.85. The first-order valence-corrected chi connectivity index (χ1v) is 15.4. The molecule has 1 aromatic carbocycles. The van der Waals surface area contributed by atoms with Crippen molar-refractivity contribution < 1.29 is 9.18 Å². The quantitative estimate of drug-likeness (QED) is 0.212. The second kappa shape index (κ2) is 12.5. The van der Waals surface area contributed by atoms with E-state index in [9.17, 15) is 14.0 Å². The fourth-order valence-electron chi connectivity index (χ4n) is 5.94. The van der Waals surface area contributed by atoms with Crippen molar-refractivity contribution in [1.29, 1.82) is 0 Å². The van der Waals surface area contributed by atoms with Crippen LogP contribution in [0.4, 0.5) is 15.9 Å². The van der Waals surface area contributed by atoms with Crippen molar-refractivity contribution in [2.24, 2.45) is 0 Å². The number of nitrogens with two attached hydrogens (primary N) is 1. The van der Waals surface area contributed by atoms with Crippen molar-refractivity contribution in [1.82, 2.24) is 29.4 Å². The Kier molecular flexibility index (Phi) is 8.93. The monoisotopic (exact) mass is 632 g/mol. The number of fused-ring (bicyclic) bond motifs is 1. The molecule has 2 atom stereocenters. The molecule has 5 rings (SSSR count). The highest BCUT2D eigenvalue weighted by Gasteiger charge is 2.34. The minimum absolute atomic E-state index is 0.00820. The number of aromatic nitrogens is 5. The SMILES string of the molecule is C=CC(=O)N1C[C@H](C)N(c2nc(=O)n(-c3c(C(C)C)ncnc3C(C)C)c3nc(Cc4c(N)cccc4F)c(Cl)cc23)C[C@H]1C. The van der Waals surface area contributed by atoms with Gasteiger partial charge in [-0.3, -0.25) is 4.79 Å². The summed E-state index contributed by atoms with van der Waals surface area (Å²) in [5.41, 5.74) is 8.61. The maximum absolute atomic E-state index is 14.9. The van der Waals surface area contributed by atoms with E-state index in [1.54, 1.807) is 23.1 Å². The van der Waals surface area contributed by atoms with Gasteiger partial charge in [-0.25, -0.2) is 28.7 Å². The van der Waals surface area contributed by atoms with Crippen molar-refractivity contribution in [2.75, 3.05) is 23.7 Å². The lowest BCUT2D eigenvalue weighted by atomic mass is 10.0. The number of benzene rings is 1. The highest BCUT2D eigenvalue weighted by atomic mass is 35.5. The van der Waals surface area contributed by atoms with Gasteiger partial charge in [0, 0.05) is 42.8 Å². The van der Waals surface area contributed by atoms with Crippen molar-refractivity contribution in [2.45, 2.75) is 71.9 Å². The lowest BCUT2D eigenvalue weighted by Crippen LogP contribution is -2.58. The second-order valence-corrected chi connectivity index (χ2v) is 12.6. The predicted octanol–water partition coefficient (Wildman–Crippen LogP) is 5.39. The van der Waals surface area contributed by atoms with Crippen molar-refractivity contribution >= 4 is 40.0 Å². The van der Waals surface area contributed by atoms with Gasteiger partial charge in [-0.15, -0.1) is 0 Å². The van der Waals surface area contributed by atoms with Crippen LogP contribution >= 0.6 is 11.6 Å². The van der Waals surface area contributed by atoms with Crippen molar-refractivity contribution in [3.8, 4) is 5.69 Å². The Hall–Kier alpha value is -4.38. The van der Waals surface area contributed by atoms with Gasteiger partial charge in [0.05, 0.1) is 33.2 Å². The summed E-state index contributed by atoms with van der Waals surface area (Å²) in [6.45, 7) is 16.4. The molecule has 236 valence electrons.